The number of rotatable bonds is 4. The van der Waals surface area contributed by atoms with E-state index in [-0.39, 0.29) is 17.3 Å². The van der Waals surface area contributed by atoms with Gasteiger partial charge in [0.05, 0.1) is 6.54 Å². The summed E-state index contributed by atoms with van der Waals surface area (Å²) in [7, 11) is -3.80. The lowest BCUT2D eigenvalue weighted by molar-refractivity contribution is 0.0737. The predicted molar refractivity (Wildman–Crippen MR) is 80.6 cm³/mol. The van der Waals surface area contributed by atoms with Gasteiger partial charge in [-0.25, -0.2) is 8.42 Å². The second-order valence-electron chi connectivity index (χ2n) is 4.86. The van der Waals surface area contributed by atoms with Gasteiger partial charge in [-0.15, -0.1) is 0 Å². The molecule has 0 amide bonds. The largest absolute Gasteiger partial charge is 0.486 e. The molecule has 0 aliphatic carbocycles. The van der Waals surface area contributed by atoms with E-state index in [1.807, 2.05) is 6.07 Å². The van der Waals surface area contributed by atoms with Gasteiger partial charge in [-0.05, 0) is 12.1 Å². The number of aromatic amines is 1. The summed E-state index contributed by atoms with van der Waals surface area (Å²) < 4.78 is 31.5. The van der Waals surface area contributed by atoms with E-state index in [9.17, 15) is 18.3 Å². The lowest BCUT2D eigenvalue weighted by Gasteiger charge is -2.16. The predicted octanol–water partition coefficient (Wildman–Crippen LogP) is 0.249. The number of H-pyrrole nitrogens is 1. The average Bonchev–Trinajstić information content (AvgIpc) is 3.08. The summed E-state index contributed by atoms with van der Waals surface area (Å²) in [6.45, 7) is -0.0313. The molecule has 7 nitrogen and oxygen atoms in total. The molecule has 9 heteroatoms. The van der Waals surface area contributed by atoms with E-state index in [4.69, 9.17) is 4.74 Å². The van der Waals surface area contributed by atoms with Crippen LogP contribution in [0.25, 0.3) is 0 Å². The van der Waals surface area contributed by atoms with Gasteiger partial charge >= 0.3 is 4.87 Å². The van der Waals surface area contributed by atoms with Crippen LogP contribution in [0.5, 0.6) is 5.75 Å². The summed E-state index contributed by atoms with van der Waals surface area (Å²) in [5, 5.41) is 10.0. The standard InChI is InChI=1S/C13H14N2O5S2/c16-10-7-15(22(18,19)12-6-14-13(17)21-12)8-11(10)20-9-4-2-1-3-5-9/h1-6,10-11,16H,7-8H2,(H,14,17)/t10-,11-/m1/s1. The fourth-order valence-electron chi connectivity index (χ4n) is 2.23. The molecule has 0 saturated carbocycles. The number of β-amino-alcohol motifs (C(OH)–C–C–N with tert-alkyl or cyclic N) is 1. The molecule has 1 aliphatic rings. The van der Waals surface area contributed by atoms with Crippen molar-refractivity contribution in [3.63, 3.8) is 0 Å². The highest BCUT2D eigenvalue weighted by molar-refractivity contribution is 7.91. The Kier molecular flexibility index (Phi) is 4.04. The van der Waals surface area contributed by atoms with Crippen molar-refractivity contribution < 1.29 is 18.3 Å². The molecule has 1 fully saturated rings. The molecule has 2 atom stereocenters. The Hall–Kier alpha value is -1.68. The molecule has 2 aromatic rings. The van der Waals surface area contributed by atoms with Gasteiger partial charge in [0.2, 0.25) is 0 Å². The summed E-state index contributed by atoms with van der Waals surface area (Å²) >= 11 is 0.625. The Morgan fingerprint density at radius 1 is 1.27 bits per heavy atom. The second-order valence-corrected chi connectivity index (χ2v) is 8.04. The Morgan fingerprint density at radius 2 is 2.00 bits per heavy atom. The third-order valence-corrected chi connectivity index (χ3v) is 6.44. The van der Waals surface area contributed by atoms with E-state index in [1.54, 1.807) is 24.3 Å². The van der Waals surface area contributed by atoms with Crippen molar-refractivity contribution >= 4 is 21.4 Å². The molecule has 0 spiro atoms. The average molecular weight is 342 g/mol. The number of para-hydroxylation sites is 1. The highest BCUT2D eigenvalue weighted by atomic mass is 32.2. The van der Waals surface area contributed by atoms with Crippen LogP contribution in [0.1, 0.15) is 0 Å². The zero-order valence-corrected chi connectivity index (χ0v) is 13.0. The SMILES string of the molecule is O=c1[nH]cc(S(=O)(=O)N2C[C@@H](O)[C@H](Oc3ccccc3)C2)s1. The van der Waals surface area contributed by atoms with Crippen molar-refractivity contribution in [2.75, 3.05) is 13.1 Å². The zero-order chi connectivity index (χ0) is 15.7. The van der Waals surface area contributed by atoms with Crippen LogP contribution in [0.3, 0.4) is 0 Å². The maximum atomic E-state index is 12.4. The maximum absolute atomic E-state index is 12.4. The minimum absolute atomic E-state index is 0.0322. The number of thiazole rings is 1. The van der Waals surface area contributed by atoms with Crippen molar-refractivity contribution in [1.82, 2.24) is 9.29 Å². The Morgan fingerprint density at radius 3 is 2.64 bits per heavy atom. The van der Waals surface area contributed by atoms with Crippen molar-refractivity contribution in [2.45, 2.75) is 16.4 Å². The van der Waals surface area contributed by atoms with Gasteiger partial charge in [0.25, 0.3) is 10.0 Å². The first-order valence-electron chi connectivity index (χ1n) is 6.55. The fourth-order valence-corrected chi connectivity index (χ4v) is 4.77. The van der Waals surface area contributed by atoms with E-state index in [0.29, 0.717) is 17.1 Å². The first kappa shape index (κ1) is 15.2. The van der Waals surface area contributed by atoms with Gasteiger partial charge in [0, 0.05) is 12.7 Å². The van der Waals surface area contributed by atoms with Crippen LogP contribution in [0, 0.1) is 0 Å². The van der Waals surface area contributed by atoms with E-state index in [2.05, 4.69) is 4.98 Å². The van der Waals surface area contributed by atoms with Gasteiger partial charge < -0.3 is 14.8 Å². The molecule has 2 N–H and O–H groups in total. The molecule has 0 bridgehead atoms. The first-order chi connectivity index (χ1) is 10.5. The Bertz CT molecular complexity index is 799. The first-order valence-corrected chi connectivity index (χ1v) is 8.81. The Labute approximate surface area is 130 Å². The number of benzene rings is 1. The van der Waals surface area contributed by atoms with Crippen LogP contribution in [-0.2, 0) is 10.0 Å². The third kappa shape index (κ3) is 2.93. The van der Waals surface area contributed by atoms with E-state index >= 15 is 0 Å². The van der Waals surface area contributed by atoms with E-state index in [0.717, 1.165) is 4.31 Å². The van der Waals surface area contributed by atoms with Crippen molar-refractivity contribution in [3.8, 4) is 5.75 Å². The number of nitrogens with zero attached hydrogens (tertiary/aromatic N) is 1. The lowest BCUT2D eigenvalue weighted by Crippen LogP contribution is -2.31. The number of nitrogens with one attached hydrogen (secondary N) is 1. The smallest absolute Gasteiger partial charge is 0.305 e. The van der Waals surface area contributed by atoms with Gasteiger partial charge in [-0.2, -0.15) is 4.31 Å². The molecule has 1 aromatic carbocycles. The second kappa shape index (κ2) is 5.84. The monoisotopic (exact) mass is 342 g/mol. The number of sulfonamides is 1. The van der Waals surface area contributed by atoms with Crippen LogP contribution in [0.2, 0.25) is 0 Å². The van der Waals surface area contributed by atoms with Crippen molar-refractivity contribution in [3.05, 3.63) is 46.2 Å². The molecular formula is C13H14N2O5S2. The minimum atomic E-state index is -3.80. The Balaban J connectivity index is 1.77. The van der Waals surface area contributed by atoms with E-state index < -0.39 is 27.1 Å². The fraction of sp³-hybridized carbons (Fsp3) is 0.308. The molecule has 0 unspecified atom stereocenters. The van der Waals surface area contributed by atoms with Gasteiger partial charge in [-0.1, -0.05) is 29.5 Å². The summed E-state index contributed by atoms with van der Waals surface area (Å²) in [5.74, 6) is 0.567. The molecule has 2 heterocycles. The molecule has 22 heavy (non-hydrogen) atoms. The van der Waals surface area contributed by atoms with Crippen LogP contribution >= 0.6 is 11.3 Å². The van der Waals surface area contributed by atoms with Crippen LogP contribution in [0.4, 0.5) is 0 Å². The quantitative estimate of drug-likeness (QED) is 0.830. The summed E-state index contributed by atoms with van der Waals surface area (Å²) in [6, 6.07) is 8.90. The third-order valence-electron chi connectivity index (χ3n) is 3.33. The summed E-state index contributed by atoms with van der Waals surface area (Å²) in [4.78, 5) is 13.0. The number of aromatic nitrogens is 1. The number of ether oxygens (including phenoxy) is 1. The number of aliphatic hydroxyl groups is 1. The van der Waals surface area contributed by atoms with Gasteiger partial charge in [-0.3, -0.25) is 4.79 Å². The van der Waals surface area contributed by atoms with Gasteiger partial charge in [0.1, 0.15) is 18.0 Å². The summed E-state index contributed by atoms with van der Waals surface area (Å²) in [6.07, 6.45) is -0.404. The van der Waals surface area contributed by atoms with Crippen LogP contribution in [-0.4, -0.2) is 48.1 Å². The van der Waals surface area contributed by atoms with Crippen molar-refractivity contribution in [2.24, 2.45) is 0 Å². The molecule has 0 radical (unpaired) electrons. The normalized spacial score (nSPS) is 22.8. The van der Waals surface area contributed by atoms with E-state index in [1.165, 1.54) is 6.20 Å². The van der Waals surface area contributed by atoms with Crippen LogP contribution < -0.4 is 9.61 Å². The van der Waals surface area contributed by atoms with Gasteiger partial charge in [0.15, 0.2) is 4.21 Å². The maximum Gasteiger partial charge on any atom is 0.305 e. The van der Waals surface area contributed by atoms with Crippen LogP contribution in [0.15, 0.2) is 45.5 Å². The highest BCUT2D eigenvalue weighted by Crippen LogP contribution is 2.25. The van der Waals surface area contributed by atoms with Crippen molar-refractivity contribution in [1.29, 1.82) is 0 Å². The molecule has 1 aliphatic heterocycles. The minimum Gasteiger partial charge on any atom is -0.486 e. The highest BCUT2D eigenvalue weighted by Gasteiger charge is 2.40. The molecule has 1 aromatic heterocycles. The lowest BCUT2D eigenvalue weighted by atomic mass is 10.2. The summed E-state index contributed by atoms with van der Waals surface area (Å²) in [5.41, 5.74) is 0. The number of hydrogen-bond acceptors (Lipinski definition) is 6. The molecule has 3 rings (SSSR count). The molecule has 118 valence electrons. The molecule has 1 saturated heterocycles. The number of aliphatic hydroxyl groups excluding tert-OH is 1. The molecular weight excluding hydrogens is 328 g/mol. The number of hydrogen-bond donors (Lipinski definition) is 2. The zero-order valence-electron chi connectivity index (χ0n) is 11.4. The topological polar surface area (TPSA) is 99.7 Å².